The molecule has 0 aromatic heterocycles. The third-order valence-electron chi connectivity index (χ3n) is 17.2. The van der Waals surface area contributed by atoms with Gasteiger partial charge in [-0.2, -0.15) is 0 Å². The van der Waals surface area contributed by atoms with Crippen LogP contribution in [0.25, 0.3) is 0 Å². The molecule has 0 radical (unpaired) electrons. The predicted octanol–water partition coefficient (Wildman–Crippen LogP) is 23.0. The summed E-state index contributed by atoms with van der Waals surface area (Å²) in [4.78, 5) is 24.7. The molecule has 0 aliphatic heterocycles. The number of ether oxygens (including phenoxy) is 1. The number of aliphatic hydroxyl groups excluding tert-OH is 2. The van der Waals surface area contributed by atoms with Crippen LogP contribution >= 0.6 is 0 Å². The zero-order chi connectivity index (χ0) is 55.7. The van der Waals surface area contributed by atoms with Gasteiger partial charge in [-0.3, -0.25) is 9.59 Å². The molecule has 0 saturated heterocycles. The molecule has 0 fully saturated rings. The Bertz CT molecular complexity index is 1120. The average molecular weight is 1090 g/mol. The molecule has 0 saturated carbocycles. The van der Waals surface area contributed by atoms with Crippen LogP contribution < -0.4 is 5.32 Å². The van der Waals surface area contributed by atoms with Crippen molar-refractivity contribution in [2.75, 3.05) is 13.2 Å². The van der Waals surface area contributed by atoms with Gasteiger partial charge in [-0.15, -0.1) is 0 Å². The van der Waals surface area contributed by atoms with E-state index in [0.717, 1.165) is 38.5 Å². The molecule has 0 aliphatic carbocycles. The van der Waals surface area contributed by atoms with Gasteiger partial charge in [-0.05, 0) is 25.7 Å². The highest BCUT2D eigenvalue weighted by atomic mass is 16.5. The van der Waals surface area contributed by atoms with Crippen molar-refractivity contribution in [2.24, 2.45) is 0 Å². The summed E-state index contributed by atoms with van der Waals surface area (Å²) in [6.45, 7) is 5.00. The third kappa shape index (κ3) is 63.9. The molecule has 0 rings (SSSR count). The number of carbonyl (C=O) groups excluding carboxylic acids is 2. The summed E-state index contributed by atoms with van der Waals surface area (Å²) >= 11 is 0. The van der Waals surface area contributed by atoms with E-state index < -0.39 is 12.1 Å². The van der Waals surface area contributed by atoms with Gasteiger partial charge in [0.2, 0.25) is 5.91 Å². The molecule has 0 spiro atoms. The lowest BCUT2D eigenvalue weighted by atomic mass is 10.0. The predicted molar refractivity (Wildman–Crippen MR) is 338 cm³/mol. The zero-order valence-corrected chi connectivity index (χ0v) is 52.7. The Labute approximate surface area is 483 Å². The molecule has 6 nitrogen and oxygen atoms in total. The fourth-order valence-corrected chi connectivity index (χ4v) is 11.7. The Morgan fingerprint density at radius 1 is 0.312 bits per heavy atom. The van der Waals surface area contributed by atoms with Crippen LogP contribution in [0.4, 0.5) is 0 Å². The smallest absolute Gasteiger partial charge is 0.305 e. The van der Waals surface area contributed by atoms with Crippen LogP contribution in [0.5, 0.6) is 0 Å². The summed E-state index contributed by atoms with van der Waals surface area (Å²) in [5, 5.41) is 23.4. The molecule has 77 heavy (non-hydrogen) atoms. The number of rotatable bonds is 68. The minimum absolute atomic E-state index is 0.0121. The van der Waals surface area contributed by atoms with Crippen molar-refractivity contribution in [3.05, 3.63) is 0 Å². The second-order valence-corrected chi connectivity index (χ2v) is 24.9. The quantitative estimate of drug-likeness (QED) is 0.0417. The summed E-state index contributed by atoms with van der Waals surface area (Å²) in [5.74, 6) is -0.0220. The molecule has 6 heteroatoms. The topological polar surface area (TPSA) is 95.9 Å². The first-order valence-corrected chi connectivity index (χ1v) is 35.8. The van der Waals surface area contributed by atoms with Gasteiger partial charge in [0.15, 0.2) is 0 Å². The molecule has 0 bridgehead atoms. The fourth-order valence-electron chi connectivity index (χ4n) is 11.7. The van der Waals surface area contributed by atoms with E-state index in [1.54, 1.807) is 0 Å². The first-order valence-electron chi connectivity index (χ1n) is 35.8. The van der Waals surface area contributed by atoms with E-state index in [-0.39, 0.29) is 18.5 Å². The summed E-state index contributed by atoms with van der Waals surface area (Å²) in [6, 6.07) is -0.546. The van der Waals surface area contributed by atoms with Crippen molar-refractivity contribution in [1.29, 1.82) is 0 Å². The van der Waals surface area contributed by atoms with Crippen LogP contribution in [0.1, 0.15) is 418 Å². The Morgan fingerprint density at radius 3 is 0.792 bits per heavy atom. The highest BCUT2D eigenvalue weighted by molar-refractivity contribution is 5.76. The number of carbonyl (C=O) groups is 2. The lowest BCUT2D eigenvalue weighted by molar-refractivity contribution is -0.143. The summed E-state index contributed by atoms with van der Waals surface area (Å²) in [7, 11) is 0. The van der Waals surface area contributed by atoms with Crippen molar-refractivity contribution in [1.82, 2.24) is 5.32 Å². The lowest BCUT2D eigenvalue weighted by Gasteiger charge is -2.22. The molecule has 0 aromatic rings. The number of esters is 1. The van der Waals surface area contributed by atoms with Gasteiger partial charge in [0.1, 0.15) is 0 Å². The number of hydrogen-bond donors (Lipinski definition) is 3. The number of amides is 1. The van der Waals surface area contributed by atoms with Crippen LogP contribution in [-0.2, 0) is 14.3 Å². The van der Waals surface area contributed by atoms with Crippen molar-refractivity contribution < 1.29 is 24.5 Å². The third-order valence-corrected chi connectivity index (χ3v) is 17.2. The minimum atomic E-state index is -0.668. The molecule has 0 aromatic carbocycles. The number of aliphatic hydroxyl groups is 2. The second-order valence-electron chi connectivity index (χ2n) is 24.9. The first kappa shape index (κ1) is 75.9. The van der Waals surface area contributed by atoms with Crippen LogP contribution in [0, 0.1) is 0 Å². The first-order chi connectivity index (χ1) is 38.0. The molecule has 1 amide bonds. The SMILES string of the molecule is CCCCCCCCCCCCCCCCCCCCCCCCCCC(O)C(CO)NC(=O)CCCCCCCCCCCCCCCCCCCOC(=O)CCCCCCCCCCCCCCCCCCCCC. The summed E-state index contributed by atoms with van der Waals surface area (Å²) in [6.07, 6.45) is 81.4. The number of hydrogen-bond acceptors (Lipinski definition) is 5. The van der Waals surface area contributed by atoms with Crippen molar-refractivity contribution in [3.8, 4) is 0 Å². The molecular weight excluding hydrogens is 947 g/mol. The van der Waals surface area contributed by atoms with Crippen molar-refractivity contribution in [3.63, 3.8) is 0 Å². The molecular formula is C71H141NO5. The monoisotopic (exact) mass is 1090 g/mol. The van der Waals surface area contributed by atoms with Crippen LogP contribution in [0.2, 0.25) is 0 Å². The van der Waals surface area contributed by atoms with Crippen molar-refractivity contribution >= 4 is 11.9 Å². The molecule has 2 unspecified atom stereocenters. The Kier molecular flexibility index (Phi) is 66.4. The van der Waals surface area contributed by atoms with Gasteiger partial charge in [0.05, 0.1) is 25.4 Å². The van der Waals surface area contributed by atoms with Gasteiger partial charge < -0.3 is 20.3 Å². The standard InChI is InChI=1S/C71H141NO5/c1-3-5-7-9-11-13-15-17-19-21-23-24-25-26-27-29-31-35-39-43-47-51-55-59-63-69(74)68(67-73)72-70(75)64-60-56-52-48-44-40-36-32-30-34-38-42-46-50-54-58-62-66-77-71(76)65-61-57-53-49-45-41-37-33-28-22-20-18-16-14-12-10-8-6-4-2/h68-69,73-74H,3-67H2,1-2H3,(H,72,75). The van der Waals surface area contributed by atoms with E-state index in [2.05, 4.69) is 19.2 Å². The second kappa shape index (κ2) is 67.4. The maximum absolute atomic E-state index is 12.6. The van der Waals surface area contributed by atoms with Gasteiger partial charge in [0, 0.05) is 12.8 Å². The summed E-state index contributed by atoms with van der Waals surface area (Å²) < 4.78 is 5.51. The lowest BCUT2D eigenvalue weighted by Crippen LogP contribution is -2.45. The van der Waals surface area contributed by atoms with E-state index in [9.17, 15) is 19.8 Å². The van der Waals surface area contributed by atoms with E-state index in [1.165, 1.54) is 347 Å². The van der Waals surface area contributed by atoms with E-state index in [4.69, 9.17) is 4.74 Å². The Hall–Kier alpha value is -1.14. The van der Waals surface area contributed by atoms with E-state index in [0.29, 0.717) is 25.9 Å². The maximum atomic E-state index is 12.6. The number of nitrogens with one attached hydrogen (secondary N) is 1. The molecule has 2 atom stereocenters. The molecule has 0 heterocycles. The van der Waals surface area contributed by atoms with Gasteiger partial charge >= 0.3 is 5.97 Å². The summed E-state index contributed by atoms with van der Waals surface area (Å²) in [5.41, 5.74) is 0. The molecule has 0 aliphatic rings. The van der Waals surface area contributed by atoms with Crippen LogP contribution in [-0.4, -0.2) is 47.4 Å². The fraction of sp³-hybridized carbons (Fsp3) is 0.972. The number of unbranched alkanes of at least 4 members (excludes halogenated alkanes) is 57. The molecule has 460 valence electrons. The van der Waals surface area contributed by atoms with Crippen LogP contribution in [0.3, 0.4) is 0 Å². The maximum Gasteiger partial charge on any atom is 0.305 e. The molecule has 3 N–H and O–H groups in total. The van der Waals surface area contributed by atoms with Gasteiger partial charge in [-0.25, -0.2) is 0 Å². The highest BCUT2D eigenvalue weighted by Gasteiger charge is 2.20. The van der Waals surface area contributed by atoms with Crippen LogP contribution in [0.15, 0.2) is 0 Å². The van der Waals surface area contributed by atoms with Crippen molar-refractivity contribution in [2.45, 2.75) is 431 Å². The van der Waals surface area contributed by atoms with Gasteiger partial charge in [0.25, 0.3) is 0 Å². The largest absolute Gasteiger partial charge is 0.466 e. The Balaban J connectivity index is 3.38. The minimum Gasteiger partial charge on any atom is -0.466 e. The zero-order valence-electron chi connectivity index (χ0n) is 52.7. The normalized spacial score (nSPS) is 12.4. The van der Waals surface area contributed by atoms with E-state index >= 15 is 0 Å². The van der Waals surface area contributed by atoms with E-state index in [1.807, 2.05) is 0 Å². The van der Waals surface area contributed by atoms with Gasteiger partial charge in [-0.1, -0.05) is 380 Å². The average Bonchev–Trinajstić information content (AvgIpc) is 3.43. The Morgan fingerprint density at radius 2 is 0.532 bits per heavy atom. The highest BCUT2D eigenvalue weighted by Crippen LogP contribution is 2.20.